The van der Waals surface area contributed by atoms with Gasteiger partial charge in [-0.1, -0.05) is 62.5 Å². The zero-order valence-electron chi connectivity index (χ0n) is 17.6. The number of pyridine rings is 1. The van der Waals surface area contributed by atoms with Crippen molar-refractivity contribution in [1.29, 1.82) is 0 Å². The molecule has 1 heterocycles. The van der Waals surface area contributed by atoms with Crippen LogP contribution in [0.2, 0.25) is 0 Å². The number of halogens is 7. The second kappa shape index (κ2) is 10.0. The summed E-state index contributed by atoms with van der Waals surface area (Å²) in [4.78, 5) is 17.7. The first-order chi connectivity index (χ1) is 14.6. The zero-order valence-corrected chi connectivity index (χ0v) is 19.9. The summed E-state index contributed by atoms with van der Waals surface area (Å²) < 4.78 is 59.9. The van der Waals surface area contributed by atoms with Gasteiger partial charge in [-0.05, 0) is 35.6 Å². The van der Waals surface area contributed by atoms with Gasteiger partial charge in [0.25, 0.3) is 0 Å². The van der Waals surface area contributed by atoms with Crippen molar-refractivity contribution in [2.24, 2.45) is 0 Å². The predicted molar refractivity (Wildman–Crippen MR) is 117 cm³/mol. The zero-order chi connectivity index (χ0) is 24.4. The van der Waals surface area contributed by atoms with Crippen LogP contribution in [0.1, 0.15) is 56.2 Å². The first-order valence-corrected chi connectivity index (χ1v) is 10.7. The number of carbonyl (C=O) groups is 1. The van der Waals surface area contributed by atoms with Crippen LogP contribution in [0.5, 0.6) is 5.75 Å². The number of hydrogen-bond acceptors (Lipinski definition) is 3. The van der Waals surface area contributed by atoms with Gasteiger partial charge in [0.1, 0.15) is 0 Å². The van der Waals surface area contributed by atoms with E-state index in [2.05, 4.69) is 4.98 Å². The quantitative estimate of drug-likeness (QED) is 0.301. The average Bonchev–Trinajstić information content (AvgIpc) is 2.65. The third-order valence-electron chi connectivity index (χ3n) is 4.49. The molecule has 0 aliphatic heterocycles. The summed E-state index contributed by atoms with van der Waals surface area (Å²) in [5, 5.41) is 0. The molecule has 0 fully saturated rings. The van der Waals surface area contributed by atoms with Crippen LogP contribution in [-0.4, -0.2) is 21.4 Å². The van der Waals surface area contributed by atoms with Crippen LogP contribution >= 0.6 is 34.8 Å². The molecule has 2 rings (SSSR count). The van der Waals surface area contributed by atoms with Crippen molar-refractivity contribution >= 4 is 46.6 Å². The lowest BCUT2D eigenvalue weighted by Crippen LogP contribution is -2.40. The molecular weight excluding hydrogens is 495 g/mol. The summed E-state index contributed by atoms with van der Waals surface area (Å²) in [6, 6.07) is 3.89. The molecule has 0 spiro atoms. The van der Waals surface area contributed by atoms with E-state index in [4.69, 9.17) is 39.5 Å². The van der Waals surface area contributed by atoms with Gasteiger partial charge < -0.3 is 4.74 Å². The van der Waals surface area contributed by atoms with E-state index in [1.165, 1.54) is 52.2 Å². The minimum atomic E-state index is -4.79. The van der Waals surface area contributed by atoms with E-state index in [9.17, 15) is 18.0 Å². The number of amides is 1. The fourth-order valence-electron chi connectivity index (χ4n) is 3.17. The monoisotopic (exact) mass is 514 g/mol. The minimum Gasteiger partial charge on any atom is -0.407 e. The summed E-state index contributed by atoms with van der Waals surface area (Å²) in [6.07, 6.45) is -3.20. The molecule has 0 aliphatic rings. The molecule has 32 heavy (non-hydrogen) atoms. The first-order valence-electron chi connectivity index (χ1n) is 9.53. The van der Waals surface area contributed by atoms with Crippen LogP contribution in [0, 0.1) is 5.82 Å². The maximum absolute atomic E-state index is 15.2. The summed E-state index contributed by atoms with van der Waals surface area (Å²) in [7, 11) is 0. The predicted octanol–water partition coefficient (Wildman–Crippen LogP) is 7.86. The molecule has 1 aromatic heterocycles. The van der Waals surface area contributed by atoms with E-state index < -0.39 is 57.1 Å². The Kier molecular flexibility index (Phi) is 8.29. The van der Waals surface area contributed by atoms with E-state index >= 15 is 4.39 Å². The second-order valence-corrected chi connectivity index (χ2v) is 10.2. The molecule has 176 valence electrons. The topological polar surface area (TPSA) is 42.4 Å². The Balaban J connectivity index is 2.60. The van der Waals surface area contributed by atoms with Gasteiger partial charge in [0, 0.05) is 11.8 Å². The Morgan fingerprint density at radius 3 is 2.22 bits per heavy atom. The van der Waals surface area contributed by atoms with E-state index in [1.54, 1.807) is 0 Å². The van der Waals surface area contributed by atoms with Gasteiger partial charge in [0.2, 0.25) is 3.79 Å². The highest BCUT2D eigenvalue weighted by Gasteiger charge is 2.40. The summed E-state index contributed by atoms with van der Waals surface area (Å²) in [5.74, 6) is -3.38. The Hall–Kier alpha value is -1.77. The van der Waals surface area contributed by atoms with Crippen LogP contribution in [0.25, 0.3) is 0 Å². The van der Waals surface area contributed by atoms with Crippen molar-refractivity contribution in [1.82, 2.24) is 4.98 Å². The highest BCUT2D eigenvalue weighted by Crippen LogP contribution is 2.44. The van der Waals surface area contributed by atoms with Gasteiger partial charge in [-0.15, -0.1) is 0 Å². The number of hydrogen-bond donors (Lipinski definition) is 0. The van der Waals surface area contributed by atoms with Crippen molar-refractivity contribution in [3.05, 3.63) is 53.1 Å². The van der Waals surface area contributed by atoms with E-state index in [1.807, 2.05) is 0 Å². The molecule has 0 unspecified atom stereocenters. The molecule has 4 nitrogen and oxygen atoms in total. The number of ether oxygens (including phenoxy) is 1. The lowest BCUT2D eigenvalue weighted by Gasteiger charge is -2.27. The lowest BCUT2D eigenvalue weighted by molar-refractivity contribution is -0.139. The van der Waals surface area contributed by atoms with Gasteiger partial charge in [-0.2, -0.15) is 13.2 Å². The van der Waals surface area contributed by atoms with Crippen LogP contribution in [0.4, 0.5) is 28.0 Å². The van der Waals surface area contributed by atoms with Crippen LogP contribution < -0.4 is 9.64 Å². The third-order valence-corrected chi connectivity index (χ3v) is 4.85. The van der Waals surface area contributed by atoms with Crippen LogP contribution in [0.3, 0.4) is 0 Å². The van der Waals surface area contributed by atoms with Crippen molar-refractivity contribution in [3.63, 3.8) is 0 Å². The summed E-state index contributed by atoms with van der Waals surface area (Å²) in [6.45, 7) is 5.44. The molecule has 0 N–H and O–H groups in total. The summed E-state index contributed by atoms with van der Waals surface area (Å²) in [5.41, 5.74) is -1.66. The molecule has 0 bridgehead atoms. The smallest absolute Gasteiger partial charge is 0.407 e. The Bertz CT molecular complexity index is 962. The van der Waals surface area contributed by atoms with Crippen molar-refractivity contribution in [2.75, 3.05) is 11.4 Å². The standard InChI is InChI=1S/C21H21Cl3F4N2O2/c1-11(2)14-8-15(18(25)16(12(3)4)17(14)21(26,27)28)32-19(31)30(10-20(22,23)24)13-6-5-7-29-9-13/h5-9,11-12H,10H2,1-4H3. The van der Waals surface area contributed by atoms with Crippen LogP contribution in [0.15, 0.2) is 30.6 Å². The molecule has 1 aromatic carbocycles. The molecule has 0 saturated carbocycles. The Labute approximate surface area is 198 Å². The third kappa shape index (κ3) is 6.39. The minimum absolute atomic E-state index is 0.185. The maximum atomic E-state index is 15.2. The van der Waals surface area contributed by atoms with Crippen molar-refractivity contribution in [2.45, 2.75) is 49.5 Å². The molecule has 1 amide bonds. The highest BCUT2D eigenvalue weighted by atomic mass is 35.6. The molecule has 0 saturated heterocycles. The molecule has 0 radical (unpaired) electrons. The number of rotatable bonds is 5. The van der Waals surface area contributed by atoms with Crippen molar-refractivity contribution in [3.8, 4) is 5.75 Å². The molecule has 11 heteroatoms. The van der Waals surface area contributed by atoms with E-state index in [-0.39, 0.29) is 11.3 Å². The first kappa shape index (κ1) is 26.5. The molecule has 0 atom stereocenters. The second-order valence-electron chi connectivity index (χ2n) is 7.65. The van der Waals surface area contributed by atoms with Crippen molar-refractivity contribution < 1.29 is 27.1 Å². The van der Waals surface area contributed by atoms with Gasteiger partial charge >= 0.3 is 12.3 Å². The number of alkyl halides is 6. The molecule has 0 aliphatic carbocycles. The number of nitrogens with zero attached hydrogens (tertiary/aromatic N) is 2. The van der Waals surface area contributed by atoms with E-state index in [0.717, 1.165) is 11.0 Å². The maximum Gasteiger partial charge on any atom is 0.420 e. The average molecular weight is 516 g/mol. The highest BCUT2D eigenvalue weighted by molar-refractivity contribution is 6.68. The fourth-order valence-corrected chi connectivity index (χ4v) is 3.52. The van der Waals surface area contributed by atoms with Crippen LogP contribution in [-0.2, 0) is 6.18 Å². The number of benzene rings is 1. The van der Waals surface area contributed by atoms with Gasteiger partial charge in [0.05, 0.1) is 24.0 Å². The van der Waals surface area contributed by atoms with Gasteiger partial charge in [0.15, 0.2) is 11.6 Å². The number of carbonyl (C=O) groups excluding carboxylic acids is 1. The molecule has 2 aromatic rings. The normalized spacial score (nSPS) is 12.4. The number of aromatic nitrogens is 1. The largest absolute Gasteiger partial charge is 0.420 e. The number of anilines is 1. The Morgan fingerprint density at radius 1 is 1.16 bits per heavy atom. The van der Waals surface area contributed by atoms with Gasteiger partial charge in [-0.3, -0.25) is 9.88 Å². The Morgan fingerprint density at radius 2 is 1.78 bits per heavy atom. The summed E-state index contributed by atoms with van der Waals surface area (Å²) >= 11 is 17.5. The lowest BCUT2D eigenvalue weighted by atomic mass is 9.87. The fraction of sp³-hybridized carbons (Fsp3) is 0.429. The van der Waals surface area contributed by atoms with E-state index in [0.29, 0.717) is 0 Å². The SMILES string of the molecule is CC(C)c1cc(OC(=O)N(CC(Cl)(Cl)Cl)c2cccnc2)c(F)c(C(C)C)c1C(F)(F)F. The van der Waals surface area contributed by atoms with Gasteiger partial charge in [-0.25, -0.2) is 9.18 Å². The molecular formula is C21H21Cl3F4N2O2.